The highest BCUT2D eigenvalue weighted by atomic mass is 16.5. The molecule has 1 amide bonds. The van der Waals surface area contributed by atoms with Crippen LogP contribution < -0.4 is 10.6 Å². The smallest absolute Gasteiger partial charge is 0.240 e. The van der Waals surface area contributed by atoms with Crippen molar-refractivity contribution in [3.05, 3.63) is 35.6 Å². The quantitative estimate of drug-likeness (QED) is 0.777. The van der Waals surface area contributed by atoms with Crippen LogP contribution in [-0.4, -0.2) is 52.1 Å². The summed E-state index contributed by atoms with van der Waals surface area (Å²) < 4.78 is 5.28. The molecular formula is C17H24N6O2. The minimum atomic E-state index is -0.124. The van der Waals surface area contributed by atoms with E-state index in [1.165, 1.54) is 0 Å². The van der Waals surface area contributed by atoms with Gasteiger partial charge in [-0.25, -0.2) is 4.98 Å². The van der Waals surface area contributed by atoms with Gasteiger partial charge in [-0.15, -0.1) is 0 Å². The summed E-state index contributed by atoms with van der Waals surface area (Å²) in [6, 6.07) is 6.37. The number of carbonyl (C=O) groups excluding carboxylic acids is 1. The second-order valence-corrected chi connectivity index (χ2v) is 6.27. The molecule has 0 radical (unpaired) electrons. The number of nitrogens with one attached hydrogen (secondary N) is 2. The number of aromatic nitrogens is 3. The van der Waals surface area contributed by atoms with E-state index in [-0.39, 0.29) is 12.3 Å². The predicted octanol–water partition coefficient (Wildman–Crippen LogP) is 1.14. The summed E-state index contributed by atoms with van der Waals surface area (Å²) in [5.74, 6) is 1.76. The molecule has 0 saturated carbocycles. The van der Waals surface area contributed by atoms with E-state index in [9.17, 15) is 4.79 Å². The van der Waals surface area contributed by atoms with Crippen molar-refractivity contribution < 1.29 is 9.32 Å². The lowest BCUT2D eigenvalue weighted by Crippen LogP contribution is -2.34. The molecule has 0 spiro atoms. The summed E-state index contributed by atoms with van der Waals surface area (Å²) in [4.78, 5) is 22.5. The van der Waals surface area contributed by atoms with E-state index in [0.717, 1.165) is 37.4 Å². The number of hydrogen-bond donors (Lipinski definition) is 2. The van der Waals surface area contributed by atoms with Crippen molar-refractivity contribution in [2.75, 3.05) is 25.5 Å². The topological polar surface area (TPSA) is 96.2 Å². The van der Waals surface area contributed by atoms with Crippen LogP contribution in [0.25, 0.3) is 0 Å². The molecule has 1 aliphatic rings. The Labute approximate surface area is 147 Å². The SMILES string of the molecule is CNC(=O)Cc1noc(CN2CCCC2CNc2cccc(C)n2)n1. The number of hydrogen-bond acceptors (Lipinski definition) is 7. The summed E-state index contributed by atoms with van der Waals surface area (Å²) in [5.41, 5.74) is 1.00. The van der Waals surface area contributed by atoms with Gasteiger partial charge in [-0.2, -0.15) is 4.98 Å². The summed E-state index contributed by atoms with van der Waals surface area (Å²) in [6.07, 6.45) is 2.41. The molecule has 3 rings (SSSR count). The van der Waals surface area contributed by atoms with Gasteiger partial charge in [0.2, 0.25) is 11.8 Å². The van der Waals surface area contributed by atoms with Crippen molar-refractivity contribution in [1.29, 1.82) is 0 Å². The highest BCUT2D eigenvalue weighted by Gasteiger charge is 2.26. The highest BCUT2D eigenvalue weighted by molar-refractivity contribution is 5.77. The molecule has 0 bridgehead atoms. The lowest BCUT2D eigenvalue weighted by Gasteiger charge is -2.23. The average Bonchev–Trinajstić information content (AvgIpc) is 3.23. The van der Waals surface area contributed by atoms with Crippen LogP contribution in [-0.2, 0) is 17.8 Å². The van der Waals surface area contributed by atoms with Crippen LogP contribution in [0.2, 0.25) is 0 Å². The van der Waals surface area contributed by atoms with Gasteiger partial charge in [0.25, 0.3) is 0 Å². The largest absolute Gasteiger partial charge is 0.368 e. The number of nitrogens with zero attached hydrogens (tertiary/aromatic N) is 4. The summed E-state index contributed by atoms with van der Waals surface area (Å²) >= 11 is 0. The van der Waals surface area contributed by atoms with Crippen LogP contribution in [0.1, 0.15) is 30.3 Å². The molecule has 1 unspecified atom stereocenters. The number of rotatable bonds is 7. The predicted molar refractivity (Wildman–Crippen MR) is 93.0 cm³/mol. The Morgan fingerprint density at radius 1 is 1.40 bits per heavy atom. The molecule has 2 N–H and O–H groups in total. The first-order chi connectivity index (χ1) is 12.1. The van der Waals surface area contributed by atoms with Gasteiger partial charge in [-0.1, -0.05) is 11.2 Å². The number of carbonyl (C=O) groups is 1. The van der Waals surface area contributed by atoms with Crippen LogP contribution in [0, 0.1) is 6.92 Å². The minimum Gasteiger partial charge on any atom is -0.368 e. The van der Waals surface area contributed by atoms with Gasteiger partial charge >= 0.3 is 0 Å². The molecule has 134 valence electrons. The zero-order valence-corrected chi connectivity index (χ0v) is 14.7. The fourth-order valence-electron chi connectivity index (χ4n) is 3.03. The van der Waals surface area contributed by atoms with Crippen molar-refractivity contribution in [3.63, 3.8) is 0 Å². The maximum Gasteiger partial charge on any atom is 0.240 e. The second kappa shape index (κ2) is 8.06. The third kappa shape index (κ3) is 4.76. The zero-order valence-electron chi connectivity index (χ0n) is 14.7. The zero-order chi connectivity index (χ0) is 17.6. The first kappa shape index (κ1) is 17.3. The molecule has 1 atom stereocenters. The fraction of sp³-hybridized carbons (Fsp3) is 0.529. The van der Waals surface area contributed by atoms with Gasteiger partial charge in [0.15, 0.2) is 5.82 Å². The molecule has 1 saturated heterocycles. The minimum absolute atomic E-state index is 0.124. The van der Waals surface area contributed by atoms with E-state index < -0.39 is 0 Å². The monoisotopic (exact) mass is 344 g/mol. The third-order valence-electron chi connectivity index (χ3n) is 4.35. The van der Waals surface area contributed by atoms with E-state index >= 15 is 0 Å². The Morgan fingerprint density at radius 3 is 3.08 bits per heavy atom. The van der Waals surface area contributed by atoms with Crippen LogP contribution in [0.4, 0.5) is 5.82 Å². The number of likely N-dealkylation sites (N-methyl/N-ethyl adjacent to an activating group) is 1. The van der Waals surface area contributed by atoms with Crippen molar-refractivity contribution >= 4 is 11.7 Å². The van der Waals surface area contributed by atoms with Crippen molar-refractivity contribution in [2.24, 2.45) is 0 Å². The van der Waals surface area contributed by atoms with Gasteiger partial charge in [0.05, 0.1) is 13.0 Å². The molecule has 1 aliphatic heterocycles. The van der Waals surface area contributed by atoms with Gasteiger partial charge in [-0.3, -0.25) is 9.69 Å². The van der Waals surface area contributed by atoms with Crippen LogP contribution in [0.5, 0.6) is 0 Å². The first-order valence-electron chi connectivity index (χ1n) is 8.57. The average molecular weight is 344 g/mol. The molecule has 3 heterocycles. The maximum absolute atomic E-state index is 11.4. The molecule has 0 aliphatic carbocycles. The Balaban J connectivity index is 1.54. The lowest BCUT2D eigenvalue weighted by atomic mass is 10.2. The van der Waals surface area contributed by atoms with E-state index in [2.05, 4.69) is 30.7 Å². The van der Waals surface area contributed by atoms with Crippen molar-refractivity contribution in [3.8, 4) is 0 Å². The standard InChI is InChI=1S/C17H24N6O2/c1-12-5-3-7-14(20-12)19-10-13-6-4-8-23(13)11-17-21-15(22-25-17)9-16(24)18-2/h3,5,7,13H,4,6,8-11H2,1-2H3,(H,18,24)(H,19,20). The summed E-state index contributed by atoms with van der Waals surface area (Å²) in [5, 5.41) is 9.84. The lowest BCUT2D eigenvalue weighted by molar-refractivity contribution is -0.120. The first-order valence-corrected chi connectivity index (χ1v) is 8.57. The molecule has 2 aromatic rings. The highest BCUT2D eigenvalue weighted by Crippen LogP contribution is 2.20. The van der Waals surface area contributed by atoms with Gasteiger partial charge in [0, 0.05) is 25.3 Å². The fourth-order valence-corrected chi connectivity index (χ4v) is 3.03. The number of pyridine rings is 1. The maximum atomic E-state index is 11.4. The summed E-state index contributed by atoms with van der Waals surface area (Å²) in [7, 11) is 1.59. The van der Waals surface area contributed by atoms with Gasteiger partial charge in [-0.05, 0) is 38.4 Å². The van der Waals surface area contributed by atoms with Crippen LogP contribution >= 0.6 is 0 Å². The van der Waals surface area contributed by atoms with Crippen LogP contribution in [0.3, 0.4) is 0 Å². The van der Waals surface area contributed by atoms with Gasteiger partial charge < -0.3 is 15.2 Å². The molecule has 8 heteroatoms. The van der Waals surface area contributed by atoms with Crippen molar-refractivity contribution in [1.82, 2.24) is 25.3 Å². The van der Waals surface area contributed by atoms with Crippen LogP contribution in [0.15, 0.2) is 22.7 Å². The van der Waals surface area contributed by atoms with E-state index in [4.69, 9.17) is 4.52 Å². The molecule has 8 nitrogen and oxygen atoms in total. The molecule has 25 heavy (non-hydrogen) atoms. The molecule has 2 aromatic heterocycles. The van der Waals surface area contributed by atoms with Gasteiger partial charge in [0.1, 0.15) is 5.82 Å². The molecular weight excluding hydrogens is 320 g/mol. The Kier molecular flexibility index (Phi) is 5.60. The number of anilines is 1. The normalized spacial score (nSPS) is 17.6. The summed E-state index contributed by atoms with van der Waals surface area (Å²) in [6.45, 7) is 4.42. The number of likely N-dealkylation sites (tertiary alicyclic amines) is 1. The van der Waals surface area contributed by atoms with E-state index in [1.807, 2.05) is 25.1 Å². The Morgan fingerprint density at radius 2 is 2.28 bits per heavy atom. The molecule has 1 fully saturated rings. The number of amides is 1. The molecule has 0 aromatic carbocycles. The second-order valence-electron chi connectivity index (χ2n) is 6.27. The van der Waals surface area contributed by atoms with E-state index in [1.54, 1.807) is 7.05 Å². The number of aryl methyl sites for hydroxylation is 1. The Bertz CT molecular complexity index is 717. The van der Waals surface area contributed by atoms with Crippen molar-refractivity contribution in [2.45, 2.75) is 38.8 Å². The third-order valence-corrected chi connectivity index (χ3v) is 4.35. The van der Waals surface area contributed by atoms with E-state index in [0.29, 0.717) is 24.3 Å². The Hall–Kier alpha value is -2.48.